The molecule has 86 valence electrons. The van der Waals surface area contributed by atoms with Gasteiger partial charge in [-0.15, -0.1) is 0 Å². The Labute approximate surface area is 95.1 Å². The number of non-ortho nitro benzene ring substituents is 1. The number of nitro groups is 1. The fraction of sp³-hybridized carbons (Fsp3) is 0. The molecule has 0 aliphatic heterocycles. The van der Waals surface area contributed by atoms with Gasteiger partial charge in [0.2, 0.25) is 5.95 Å². The Balaban J connectivity index is 2.58. The van der Waals surface area contributed by atoms with Crippen molar-refractivity contribution in [3.05, 3.63) is 46.4 Å². The van der Waals surface area contributed by atoms with Crippen molar-refractivity contribution in [2.45, 2.75) is 0 Å². The van der Waals surface area contributed by atoms with Crippen molar-refractivity contribution < 1.29 is 9.31 Å². The van der Waals surface area contributed by atoms with Gasteiger partial charge in [0.05, 0.1) is 10.6 Å². The van der Waals surface area contributed by atoms with Gasteiger partial charge in [-0.25, -0.2) is 14.4 Å². The Bertz CT molecular complexity index is 588. The number of hydrogen-bond acceptors (Lipinski definition) is 5. The van der Waals surface area contributed by atoms with Gasteiger partial charge in [0, 0.05) is 23.9 Å². The van der Waals surface area contributed by atoms with Gasteiger partial charge in [0.25, 0.3) is 5.69 Å². The fourth-order valence-electron chi connectivity index (χ4n) is 1.35. The molecule has 0 aliphatic carbocycles. The number of nitrogens with two attached hydrogens (primary N) is 1. The van der Waals surface area contributed by atoms with Crippen LogP contribution in [-0.4, -0.2) is 14.9 Å². The molecule has 0 unspecified atom stereocenters. The molecule has 2 aromatic rings. The first kappa shape index (κ1) is 10.9. The van der Waals surface area contributed by atoms with E-state index in [1.165, 1.54) is 12.3 Å². The Morgan fingerprint density at radius 3 is 2.76 bits per heavy atom. The molecule has 0 fully saturated rings. The number of nitrogen functional groups attached to an aromatic ring is 1. The average molecular weight is 234 g/mol. The first-order valence-electron chi connectivity index (χ1n) is 4.61. The van der Waals surface area contributed by atoms with Crippen LogP contribution < -0.4 is 5.73 Å². The second-order valence-electron chi connectivity index (χ2n) is 3.22. The summed E-state index contributed by atoms with van der Waals surface area (Å²) in [5.74, 6) is -0.623. The third-order valence-electron chi connectivity index (χ3n) is 2.11. The largest absolute Gasteiger partial charge is 0.368 e. The second kappa shape index (κ2) is 4.12. The monoisotopic (exact) mass is 234 g/mol. The van der Waals surface area contributed by atoms with E-state index in [1.807, 2.05) is 0 Å². The van der Waals surface area contributed by atoms with Crippen molar-refractivity contribution in [3.8, 4) is 11.3 Å². The summed E-state index contributed by atoms with van der Waals surface area (Å²) in [6.45, 7) is 0. The molecule has 0 spiro atoms. The van der Waals surface area contributed by atoms with E-state index < -0.39 is 10.7 Å². The number of aromatic nitrogens is 2. The van der Waals surface area contributed by atoms with Gasteiger partial charge in [-0.3, -0.25) is 10.1 Å². The standard InChI is InChI=1S/C10H7FN4O2/c11-8-2-1-6(15(16)17)5-7(8)9-3-4-13-10(12)14-9/h1-5H,(H2,12,13,14). The number of nitrogens with zero attached hydrogens (tertiary/aromatic N) is 3. The first-order chi connectivity index (χ1) is 8.08. The summed E-state index contributed by atoms with van der Waals surface area (Å²) in [7, 11) is 0. The van der Waals surface area contributed by atoms with Gasteiger partial charge in [0.15, 0.2) is 0 Å². The highest BCUT2D eigenvalue weighted by molar-refractivity contribution is 5.63. The van der Waals surface area contributed by atoms with Crippen LogP contribution in [0.5, 0.6) is 0 Å². The Morgan fingerprint density at radius 2 is 2.12 bits per heavy atom. The van der Waals surface area contributed by atoms with E-state index in [9.17, 15) is 14.5 Å². The normalized spacial score (nSPS) is 10.2. The smallest absolute Gasteiger partial charge is 0.270 e. The molecule has 7 heteroatoms. The van der Waals surface area contributed by atoms with Crippen LogP contribution in [0.15, 0.2) is 30.5 Å². The topological polar surface area (TPSA) is 94.9 Å². The molecule has 6 nitrogen and oxygen atoms in total. The number of rotatable bonds is 2. The van der Waals surface area contributed by atoms with Crippen LogP contribution in [0.25, 0.3) is 11.3 Å². The molecule has 1 aromatic carbocycles. The first-order valence-corrected chi connectivity index (χ1v) is 4.61. The zero-order valence-electron chi connectivity index (χ0n) is 8.50. The summed E-state index contributed by atoms with van der Waals surface area (Å²) in [4.78, 5) is 17.5. The maximum Gasteiger partial charge on any atom is 0.270 e. The number of benzene rings is 1. The predicted octanol–water partition coefficient (Wildman–Crippen LogP) is 1.77. The summed E-state index contributed by atoms with van der Waals surface area (Å²) < 4.78 is 13.5. The number of hydrogen-bond donors (Lipinski definition) is 1. The maximum atomic E-state index is 13.5. The van der Waals surface area contributed by atoms with E-state index in [2.05, 4.69) is 9.97 Å². The molecule has 2 rings (SSSR count). The van der Waals surface area contributed by atoms with Crippen molar-refractivity contribution in [2.75, 3.05) is 5.73 Å². The summed E-state index contributed by atoms with van der Waals surface area (Å²) >= 11 is 0. The highest BCUT2D eigenvalue weighted by Crippen LogP contribution is 2.25. The van der Waals surface area contributed by atoms with Crippen LogP contribution in [0.3, 0.4) is 0 Å². The lowest BCUT2D eigenvalue weighted by atomic mass is 10.1. The second-order valence-corrected chi connectivity index (χ2v) is 3.22. The Kier molecular flexibility index (Phi) is 2.65. The number of anilines is 1. The summed E-state index contributed by atoms with van der Waals surface area (Å²) in [6, 6.07) is 4.64. The molecule has 0 radical (unpaired) electrons. The minimum absolute atomic E-state index is 0.0200. The lowest BCUT2D eigenvalue weighted by Crippen LogP contribution is -1.97. The van der Waals surface area contributed by atoms with E-state index >= 15 is 0 Å². The van der Waals surface area contributed by atoms with E-state index in [4.69, 9.17) is 5.73 Å². The third-order valence-corrected chi connectivity index (χ3v) is 2.11. The van der Waals surface area contributed by atoms with Crippen molar-refractivity contribution in [1.29, 1.82) is 0 Å². The number of nitro benzene ring substituents is 1. The minimum Gasteiger partial charge on any atom is -0.368 e. The Morgan fingerprint density at radius 1 is 1.35 bits per heavy atom. The summed E-state index contributed by atoms with van der Waals surface area (Å²) in [6.07, 6.45) is 1.36. The van der Waals surface area contributed by atoms with Crippen LogP contribution in [-0.2, 0) is 0 Å². The van der Waals surface area contributed by atoms with Crippen molar-refractivity contribution in [3.63, 3.8) is 0 Å². The van der Waals surface area contributed by atoms with Crippen LogP contribution in [0, 0.1) is 15.9 Å². The maximum absolute atomic E-state index is 13.5. The van der Waals surface area contributed by atoms with Crippen LogP contribution in [0.4, 0.5) is 16.0 Å². The van der Waals surface area contributed by atoms with Crippen molar-refractivity contribution >= 4 is 11.6 Å². The van der Waals surface area contributed by atoms with E-state index in [0.717, 1.165) is 18.2 Å². The molecule has 0 bridgehead atoms. The molecule has 0 atom stereocenters. The average Bonchev–Trinajstić information content (AvgIpc) is 2.29. The zero-order valence-corrected chi connectivity index (χ0v) is 8.50. The molecule has 0 saturated heterocycles. The molecule has 1 heterocycles. The highest BCUT2D eigenvalue weighted by atomic mass is 19.1. The molecule has 2 N–H and O–H groups in total. The van der Waals surface area contributed by atoms with E-state index in [-0.39, 0.29) is 22.9 Å². The van der Waals surface area contributed by atoms with Gasteiger partial charge < -0.3 is 5.73 Å². The SMILES string of the molecule is Nc1nccc(-c2cc([N+](=O)[O-])ccc2F)n1. The molecule has 0 aliphatic rings. The lowest BCUT2D eigenvalue weighted by molar-refractivity contribution is -0.384. The van der Waals surface area contributed by atoms with Crippen LogP contribution in [0.1, 0.15) is 0 Å². The molecular formula is C10H7FN4O2. The molecule has 17 heavy (non-hydrogen) atoms. The predicted molar refractivity (Wildman–Crippen MR) is 58.5 cm³/mol. The summed E-state index contributed by atoms with van der Waals surface area (Å²) in [5.41, 5.74) is 5.38. The van der Waals surface area contributed by atoms with E-state index in [1.54, 1.807) is 0 Å². The fourth-order valence-corrected chi connectivity index (χ4v) is 1.35. The van der Waals surface area contributed by atoms with Crippen molar-refractivity contribution in [2.24, 2.45) is 0 Å². The quantitative estimate of drug-likeness (QED) is 0.631. The zero-order chi connectivity index (χ0) is 12.4. The van der Waals surface area contributed by atoms with Gasteiger partial charge in [0.1, 0.15) is 5.82 Å². The molecular weight excluding hydrogens is 227 g/mol. The van der Waals surface area contributed by atoms with Crippen LogP contribution in [0.2, 0.25) is 0 Å². The molecule has 1 aromatic heterocycles. The van der Waals surface area contributed by atoms with Gasteiger partial charge >= 0.3 is 0 Å². The van der Waals surface area contributed by atoms with Crippen molar-refractivity contribution in [1.82, 2.24) is 9.97 Å². The van der Waals surface area contributed by atoms with Crippen LogP contribution >= 0.6 is 0 Å². The lowest BCUT2D eigenvalue weighted by Gasteiger charge is -2.02. The van der Waals surface area contributed by atoms with Gasteiger partial charge in [-0.2, -0.15) is 0 Å². The van der Waals surface area contributed by atoms with Gasteiger partial charge in [-0.1, -0.05) is 0 Å². The molecule has 0 amide bonds. The van der Waals surface area contributed by atoms with Gasteiger partial charge in [-0.05, 0) is 12.1 Å². The van der Waals surface area contributed by atoms with E-state index in [0.29, 0.717) is 0 Å². The number of halogens is 1. The highest BCUT2D eigenvalue weighted by Gasteiger charge is 2.13. The third kappa shape index (κ3) is 2.17. The minimum atomic E-state index is -0.604. The Hall–Kier alpha value is -2.57. The molecule has 0 saturated carbocycles. The summed E-state index contributed by atoms with van der Waals surface area (Å²) in [5, 5.41) is 10.6.